The summed E-state index contributed by atoms with van der Waals surface area (Å²) in [4.78, 5) is 6.16. The number of hydrogen-bond acceptors (Lipinski definition) is 3. The van der Waals surface area contributed by atoms with Crippen LogP contribution in [0.25, 0.3) is 0 Å². The first kappa shape index (κ1) is 8.86. The van der Waals surface area contributed by atoms with E-state index in [1.165, 1.54) is 41.3 Å². The molecule has 2 fully saturated rings. The molecule has 1 aromatic rings. The van der Waals surface area contributed by atoms with Gasteiger partial charge in [0.2, 0.25) is 0 Å². The van der Waals surface area contributed by atoms with Crippen LogP contribution in [0.5, 0.6) is 0 Å². The highest BCUT2D eigenvalue weighted by Gasteiger charge is 2.43. The van der Waals surface area contributed by atoms with Crippen molar-refractivity contribution >= 4 is 11.3 Å². The van der Waals surface area contributed by atoms with Gasteiger partial charge in [0, 0.05) is 22.8 Å². The minimum atomic E-state index is 0.418. The molecule has 3 heteroatoms. The summed E-state index contributed by atoms with van der Waals surface area (Å²) in [5.41, 5.74) is 7.52. The molecule has 2 aliphatic rings. The highest BCUT2D eigenvalue weighted by molar-refractivity contribution is 7.12. The van der Waals surface area contributed by atoms with Crippen molar-refractivity contribution in [2.75, 3.05) is 0 Å². The number of thiazole rings is 1. The van der Waals surface area contributed by atoms with E-state index in [0.29, 0.717) is 12.0 Å². The van der Waals surface area contributed by atoms with Gasteiger partial charge in [0.15, 0.2) is 0 Å². The van der Waals surface area contributed by atoms with Crippen LogP contribution in [0.1, 0.15) is 54.1 Å². The Hall–Kier alpha value is -0.410. The Bertz CT molecular complexity index is 361. The van der Waals surface area contributed by atoms with E-state index in [1.807, 2.05) is 11.3 Å². The number of rotatable bonds is 3. The zero-order valence-electron chi connectivity index (χ0n) is 8.55. The Kier molecular flexibility index (Phi) is 1.77. The van der Waals surface area contributed by atoms with Crippen LogP contribution in [-0.2, 0) is 12.0 Å². The summed E-state index contributed by atoms with van der Waals surface area (Å²) in [6.07, 6.45) is 5.28. The van der Waals surface area contributed by atoms with Gasteiger partial charge in [-0.25, -0.2) is 4.98 Å². The summed E-state index contributed by atoms with van der Waals surface area (Å²) in [5.74, 6) is 0.751. The van der Waals surface area contributed by atoms with Gasteiger partial charge in [-0.3, -0.25) is 0 Å². The molecule has 0 aromatic carbocycles. The molecule has 0 radical (unpaired) electrons. The summed E-state index contributed by atoms with van der Waals surface area (Å²) in [6.45, 7) is 3.00. The van der Waals surface area contributed by atoms with Gasteiger partial charge in [-0.15, -0.1) is 11.3 Å². The van der Waals surface area contributed by atoms with Gasteiger partial charge in [0.05, 0.1) is 10.7 Å². The molecule has 0 unspecified atom stereocenters. The molecular formula is C11H16N2S. The Morgan fingerprint density at radius 1 is 1.50 bits per heavy atom. The number of nitrogens with two attached hydrogens (primary N) is 1. The predicted molar refractivity (Wildman–Crippen MR) is 58.6 cm³/mol. The summed E-state index contributed by atoms with van der Waals surface area (Å²) in [5, 5.41) is 1.35. The second-order valence-corrected chi connectivity index (χ2v) is 5.95. The molecule has 0 spiro atoms. The molecule has 3 rings (SSSR count). The van der Waals surface area contributed by atoms with Crippen LogP contribution in [0.15, 0.2) is 0 Å². The van der Waals surface area contributed by atoms with E-state index >= 15 is 0 Å². The Morgan fingerprint density at radius 3 is 2.71 bits per heavy atom. The van der Waals surface area contributed by atoms with Gasteiger partial charge < -0.3 is 5.73 Å². The van der Waals surface area contributed by atoms with Crippen molar-refractivity contribution in [3.63, 3.8) is 0 Å². The second kappa shape index (κ2) is 2.80. The molecule has 0 atom stereocenters. The Balaban J connectivity index is 1.98. The minimum absolute atomic E-state index is 0.418. The Morgan fingerprint density at radius 2 is 2.21 bits per heavy atom. The van der Waals surface area contributed by atoms with E-state index in [4.69, 9.17) is 10.7 Å². The molecule has 0 aliphatic heterocycles. The lowest BCUT2D eigenvalue weighted by Gasteiger charge is -2.00. The van der Waals surface area contributed by atoms with Crippen LogP contribution < -0.4 is 5.73 Å². The minimum Gasteiger partial charge on any atom is -0.326 e. The largest absolute Gasteiger partial charge is 0.326 e. The quantitative estimate of drug-likeness (QED) is 0.829. The molecule has 0 saturated heterocycles. The van der Waals surface area contributed by atoms with Gasteiger partial charge in [-0.05, 0) is 25.7 Å². The van der Waals surface area contributed by atoms with Crippen LogP contribution in [0.3, 0.4) is 0 Å². The first-order chi connectivity index (χ1) is 6.73. The molecular weight excluding hydrogens is 192 g/mol. The van der Waals surface area contributed by atoms with Gasteiger partial charge >= 0.3 is 0 Å². The molecule has 76 valence electrons. The van der Waals surface area contributed by atoms with E-state index in [1.54, 1.807) is 0 Å². The maximum atomic E-state index is 5.76. The van der Waals surface area contributed by atoms with Crippen molar-refractivity contribution < 1.29 is 0 Å². The van der Waals surface area contributed by atoms with E-state index in [-0.39, 0.29) is 0 Å². The van der Waals surface area contributed by atoms with Crippen LogP contribution in [-0.4, -0.2) is 4.98 Å². The van der Waals surface area contributed by atoms with Crippen LogP contribution in [0.2, 0.25) is 0 Å². The number of nitrogens with zero attached hydrogens (tertiary/aromatic N) is 1. The Labute approximate surface area is 88.5 Å². The monoisotopic (exact) mass is 208 g/mol. The van der Waals surface area contributed by atoms with Gasteiger partial charge in [0.1, 0.15) is 0 Å². The second-order valence-electron chi connectivity index (χ2n) is 4.87. The lowest BCUT2D eigenvalue weighted by Crippen LogP contribution is -1.99. The average molecular weight is 208 g/mol. The fourth-order valence-corrected chi connectivity index (χ4v) is 3.07. The lowest BCUT2D eigenvalue weighted by molar-refractivity contribution is 0.767. The molecule has 1 heterocycles. The summed E-state index contributed by atoms with van der Waals surface area (Å²) < 4.78 is 0. The third-order valence-corrected chi connectivity index (χ3v) is 4.79. The van der Waals surface area contributed by atoms with E-state index in [9.17, 15) is 0 Å². The lowest BCUT2D eigenvalue weighted by atomic mass is 10.1. The summed E-state index contributed by atoms with van der Waals surface area (Å²) in [7, 11) is 0. The number of aromatic nitrogens is 1. The fraction of sp³-hybridized carbons (Fsp3) is 0.727. The standard InChI is InChI=1S/C11H16N2S/c1-11(4-5-11)10-13-9(7-2-3-7)8(6-12)14-10/h7H,2-6,12H2,1H3. The van der Waals surface area contributed by atoms with Crippen LogP contribution >= 0.6 is 11.3 Å². The molecule has 2 saturated carbocycles. The number of hydrogen-bond donors (Lipinski definition) is 1. The molecule has 0 amide bonds. The average Bonchev–Trinajstić information content (AvgIpc) is 3.09. The fourth-order valence-electron chi connectivity index (χ4n) is 1.85. The summed E-state index contributed by atoms with van der Waals surface area (Å²) in [6, 6.07) is 0. The smallest absolute Gasteiger partial charge is 0.0990 e. The van der Waals surface area contributed by atoms with Crippen molar-refractivity contribution in [2.45, 2.75) is 50.5 Å². The normalized spacial score (nSPS) is 23.9. The molecule has 1 aromatic heterocycles. The van der Waals surface area contributed by atoms with Gasteiger partial charge in [-0.2, -0.15) is 0 Å². The first-order valence-electron chi connectivity index (χ1n) is 5.43. The maximum Gasteiger partial charge on any atom is 0.0990 e. The van der Waals surface area contributed by atoms with Crippen LogP contribution in [0.4, 0.5) is 0 Å². The van der Waals surface area contributed by atoms with E-state index in [2.05, 4.69) is 6.92 Å². The van der Waals surface area contributed by atoms with Gasteiger partial charge in [-0.1, -0.05) is 6.92 Å². The molecule has 0 bridgehead atoms. The molecule has 14 heavy (non-hydrogen) atoms. The maximum absolute atomic E-state index is 5.76. The molecule has 2 N–H and O–H groups in total. The third kappa shape index (κ3) is 1.30. The highest BCUT2D eigenvalue weighted by atomic mass is 32.1. The zero-order chi connectivity index (χ0) is 9.76. The topological polar surface area (TPSA) is 38.9 Å². The van der Waals surface area contributed by atoms with Crippen molar-refractivity contribution in [2.24, 2.45) is 5.73 Å². The van der Waals surface area contributed by atoms with Gasteiger partial charge in [0.25, 0.3) is 0 Å². The molecule has 2 aliphatic carbocycles. The van der Waals surface area contributed by atoms with Crippen molar-refractivity contribution in [3.05, 3.63) is 15.6 Å². The third-order valence-electron chi connectivity index (χ3n) is 3.39. The SMILES string of the molecule is CC1(c2nc(C3CC3)c(CN)s2)CC1. The first-order valence-corrected chi connectivity index (χ1v) is 6.25. The van der Waals surface area contributed by atoms with Crippen molar-refractivity contribution in [1.29, 1.82) is 0 Å². The van der Waals surface area contributed by atoms with Crippen molar-refractivity contribution in [1.82, 2.24) is 4.98 Å². The highest BCUT2D eigenvalue weighted by Crippen LogP contribution is 2.51. The zero-order valence-corrected chi connectivity index (χ0v) is 9.36. The molecule has 2 nitrogen and oxygen atoms in total. The van der Waals surface area contributed by atoms with E-state index in [0.717, 1.165) is 5.92 Å². The predicted octanol–water partition coefficient (Wildman–Crippen LogP) is 2.53. The van der Waals surface area contributed by atoms with Crippen LogP contribution in [0, 0.1) is 0 Å². The van der Waals surface area contributed by atoms with E-state index < -0.39 is 0 Å². The van der Waals surface area contributed by atoms with Crippen molar-refractivity contribution in [3.8, 4) is 0 Å². The summed E-state index contributed by atoms with van der Waals surface area (Å²) >= 11 is 1.86.